The summed E-state index contributed by atoms with van der Waals surface area (Å²) in [5, 5.41) is 8.64. The van der Waals surface area contributed by atoms with E-state index in [1.165, 1.54) is 57.1 Å². The molecule has 2 aliphatic carbocycles. The Morgan fingerprint density at radius 1 is 1.29 bits per heavy atom. The monoisotopic (exact) mass is 289 g/mol. The van der Waals surface area contributed by atoms with E-state index in [0.717, 1.165) is 13.0 Å². The molecule has 0 aliphatic heterocycles. The Hall–Kier alpha value is -0.830. The zero-order chi connectivity index (χ0) is 14.7. The maximum Gasteiger partial charge on any atom is 0.0640 e. The van der Waals surface area contributed by atoms with Gasteiger partial charge < -0.3 is 5.32 Å². The molecule has 3 heteroatoms. The highest BCUT2D eigenvalue weighted by Gasteiger charge is 2.36. The Morgan fingerprint density at radius 3 is 2.67 bits per heavy atom. The first-order valence-corrected chi connectivity index (χ1v) is 8.99. The number of nitrogens with zero attached hydrogens (tertiary/aromatic N) is 2. The topological polar surface area (TPSA) is 29.9 Å². The number of hydrogen-bond donors (Lipinski definition) is 1. The summed E-state index contributed by atoms with van der Waals surface area (Å²) in [7, 11) is 0. The van der Waals surface area contributed by atoms with Crippen molar-refractivity contribution >= 4 is 0 Å². The zero-order valence-electron chi connectivity index (χ0n) is 13.8. The van der Waals surface area contributed by atoms with Crippen LogP contribution in [-0.4, -0.2) is 22.4 Å². The van der Waals surface area contributed by atoms with Crippen LogP contribution in [0.4, 0.5) is 0 Å². The van der Waals surface area contributed by atoms with Gasteiger partial charge in [0.2, 0.25) is 0 Å². The Balaban J connectivity index is 1.67. The van der Waals surface area contributed by atoms with Crippen molar-refractivity contribution in [2.24, 2.45) is 5.41 Å². The number of aromatic nitrogens is 2. The highest BCUT2D eigenvalue weighted by Crippen LogP contribution is 2.41. The first-order valence-electron chi connectivity index (χ1n) is 8.99. The van der Waals surface area contributed by atoms with Gasteiger partial charge in [0.1, 0.15) is 0 Å². The normalized spacial score (nSPS) is 23.7. The van der Waals surface area contributed by atoms with E-state index in [1.807, 2.05) is 0 Å². The minimum Gasteiger partial charge on any atom is -0.313 e. The molecule has 3 rings (SSSR count). The van der Waals surface area contributed by atoms with E-state index in [0.29, 0.717) is 17.5 Å². The zero-order valence-corrected chi connectivity index (χ0v) is 13.8. The Kier molecular flexibility index (Phi) is 4.68. The molecule has 1 aromatic rings. The van der Waals surface area contributed by atoms with E-state index in [-0.39, 0.29) is 0 Å². The number of hydrogen-bond acceptors (Lipinski definition) is 2. The Labute approximate surface area is 129 Å². The van der Waals surface area contributed by atoms with E-state index < -0.39 is 0 Å². The summed E-state index contributed by atoms with van der Waals surface area (Å²) in [6.45, 7) is 5.76. The van der Waals surface area contributed by atoms with Crippen LogP contribution in [0.3, 0.4) is 0 Å². The van der Waals surface area contributed by atoms with E-state index >= 15 is 0 Å². The molecular weight excluding hydrogens is 258 g/mol. The number of nitrogens with one attached hydrogen (secondary N) is 1. The van der Waals surface area contributed by atoms with Gasteiger partial charge in [0.05, 0.1) is 11.7 Å². The van der Waals surface area contributed by atoms with Crippen LogP contribution in [-0.2, 0) is 6.42 Å². The summed E-state index contributed by atoms with van der Waals surface area (Å²) < 4.78 is 2.24. The molecule has 1 heterocycles. The van der Waals surface area contributed by atoms with Crippen LogP contribution >= 0.6 is 0 Å². The van der Waals surface area contributed by atoms with Gasteiger partial charge in [-0.15, -0.1) is 0 Å². The first-order chi connectivity index (χ1) is 10.2. The van der Waals surface area contributed by atoms with Gasteiger partial charge in [-0.3, -0.25) is 4.68 Å². The summed E-state index contributed by atoms with van der Waals surface area (Å²) >= 11 is 0. The lowest BCUT2D eigenvalue weighted by atomic mass is 9.78. The fourth-order valence-electron chi connectivity index (χ4n) is 4.41. The Morgan fingerprint density at radius 2 is 2.00 bits per heavy atom. The summed E-state index contributed by atoms with van der Waals surface area (Å²) in [5.41, 5.74) is 1.74. The third-order valence-corrected chi connectivity index (χ3v) is 5.81. The smallest absolute Gasteiger partial charge is 0.0640 e. The second-order valence-electron chi connectivity index (χ2n) is 7.40. The molecule has 2 aliphatic rings. The molecule has 0 radical (unpaired) electrons. The number of rotatable bonds is 6. The highest BCUT2D eigenvalue weighted by molar-refractivity contribution is 5.06. The molecule has 1 N–H and O–H groups in total. The van der Waals surface area contributed by atoms with Crippen LogP contribution < -0.4 is 5.32 Å². The lowest BCUT2D eigenvalue weighted by molar-refractivity contribution is 0.220. The second kappa shape index (κ2) is 6.51. The molecule has 1 unspecified atom stereocenters. The number of likely N-dealkylation sites (N-methyl/N-ethyl adjacent to an activating group) is 1. The fraction of sp³-hybridized carbons (Fsp3) is 0.833. The summed E-state index contributed by atoms with van der Waals surface area (Å²) in [5.74, 6) is 0. The second-order valence-corrected chi connectivity index (χ2v) is 7.40. The predicted molar refractivity (Wildman–Crippen MR) is 87.5 cm³/mol. The van der Waals surface area contributed by atoms with Crippen molar-refractivity contribution in [1.82, 2.24) is 15.1 Å². The van der Waals surface area contributed by atoms with Crippen molar-refractivity contribution in [2.45, 2.75) is 83.7 Å². The molecule has 0 amide bonds. The van der Waals surface area contributed by atoms with Crippen LogP contribution in [0.1, 0.15) is 76.9 Å². The van der Waals surface area contributed by atoms with Crippen molar-refractivity contribution in [1.29, 1.82) is 0 Å². The lowest BCUT2D eigenvalue weighted by Gasteiger charge is -2.34. The van der Waals surface area contributed by atoms with Gasteiger partial charge in [-0.2, -0.15) is 5.10 Å². The fourth-order valence-corrected chi connectivity index (χ4v) is 4.41. The molecule has 2 fully saturated rings. The average Bonchev–Trinajstić information content (AvgIpc) is 3.19. The van der Waals surface area contributed by atoms with Crippen molar-refractivity contribution < 1.29 is 0 Å². The van der Waals surface area contributed by atoms with E-state index in [9.17, 15) is 0 Å². The summed E-state index contributed by atoms with van der Waals surface area (Å²) in [4.78, 5) is 0. The molecule has 1 atom stereocenters. The maximum atomic E-state index is 4.89. The molecule has 0 bridgehead atoms. The lowest BCUT2D eigenvalue weighted by Crippen LogP contribution is -2.43. The van der Waals surface area contributed by atoms with Crippen LogP contribution in [0, 0.1) is 5.41 Å². The molecule has 118 valence electrons. The quantitative estimate of drug-likeness (QED) is 0.854. The van der Waals surface area contributed by atoms with Gasteiger partial charge in [0.25, 0.3) is 0 Å². The molecule has 1 aromatic heterocycles. The standard InChI is InChI=1S/C18H31N3/c1-3-19-17(18(2)11-6-7-12-18)14-15-10-13-21(20-15)16-8-4-5-9-16/h10,13,16-17,19H,3-9,11-12,14H2,1-2H3. The van der Waals surface area contributed by atoms with Crippen molar-refractivity contribution in [2.75, 3.05) is 6.54 Å². The molecule has 2 saturated carbocycles. The van der Waals surface area contributed by atoms with Crippen LogP contribution in [0.2, 0.25) is 0 Å². The molecule has 3 nitrogen and oxygen atoms in total. The average molecular weight is 289 g/mol. The van der Waals surface area contributed by atoms with Crippen LogP contribution in [0.5, 0.6) is 0 Å². The summed E-state index contributed by atoms with van der Waals surface area (Å²) in [6.07, 6.45) is 14.2. The SMILES string of the molecule is CCNC(Cc1ccn(C2CCCC2)n1)C1(C)CCCC1. The van der Waals surface area contributed by atoms with Crippen molar-refractivity contribution in [3.63, 3.8) is 0 Å². The molecule has 0 aromatic carbocycles. The third kappa shape index (κ3) is 3.33. The minimum absolute atomic E-state index is 0.465. The van der Waals surface area contributed by atoms with Gasteiger partial charge in [-0.25, -0.2) is 0 Å². The van der Waals surface area contributed by atoms with Gasteiger partial charge >= 0.3 is 0 Å². The van der Waals surface area contributed by atoms with E-state index in [1.54, 1.807) is 0 Å². The van der Waals surface area contributed by atoms with Gasteiger partial charge in [-0.1, -0.05) is 39.5 Å². The van der Waals surface area contributed by atoms with Gasteiger partial charge in [-0.05, 0) is 43.7 Å². The molecule has 0 spiro atoms. The van der Waals surface area contributed by atoms with Gasteiger partial charge in [0, 0.05) is 18.7 Å². The van der Waals surface area contributed by atoms with E-state index in [2.05, 4.69) is 36.1 Å². The van der Waals surface area contributed by atoms with Crippen molar-refractivity contribution in [3.8, 4) is 0 Å². The van der Waals surface area contributed by atoms with Crippen molar-refractivity contribution in [3.05, 3.63) is 18.0 Å². The maximum absolute atomic E-state index is 4.89. The van der Waals surface area contributed by atoms with E-state index in [4.69, 9.17) is 5.10 Å². The van der Waals surface area contributed by atoms with Crippen LogP contribution in [0.25, 0.3) is 0 Å². The largest absolute Gasteiger partial charge is 0.313 e. The summed E-state index contributed by atoms with van der Waals surface area (Å²) in [6, 6.07) is 3.50. The highest BCUT2D eigenvalue weighted by atomic mass is 15.3. The third-order valence-electron chi connectivity index (χ3n) is 5.81. The predicted octanol–water partition coefficient (Wildman–Crippen LogP) is 4.10. The minimum atomic E-state index is 0.465. The molecule has 0 saturated heterocycles. The first kappa shape index (κ1) is 15.1. The molecular formula is C18H31N3. The molecule has 21 heavy (non-hydrogen) atoms. The van der Waals surface area contributed by atoms with Gasteiger partial charge in [0.15, 0.2) is 0 Å². The Bertz CT molecular complexity index is 439. The van der Waals surface area contributed by atoms with Crippen LogP contribution in [0.15, 0.2) is 12.3 Å².